The molecular formula is C12H18N2O2S. The minimum absolute atomic E-state index is 0.303. The number of hydrogen-bond acceptors (Lipinski definition) is 5. The summed E-state index contributed by atoms with van der Waals surface area (Å²) in [6.07, 6.45) is 3.44. The number of hydrogen-bond donors (Lipinski definition) is 0. The lowest BCUT2D eigenvalue weighted by atomic mass is 10.1. The molecule has 0 bridgehead atoms. The van der Waals surface area contributed by atoms with E-state index < -0.39 is 0 Å². The van der Waals surface area contributed by atoms with Crippen molar-refractivity contribution in [2.24, 2.45) is 0 Å². The molecule has 1 unspecified atom stereocenters. The molecule has 0 amide bonds. The van der Waals surface area contributed by atoms with Gasteiger partial charge >= 0.3 is 0 Å². The van der Waals surface area contributed by atoms with Crippen molar-refractivity contribution in [3.63, 3.8) is 0 Å². The van der Waals surface area contributed by atoms with Crippen LogP contribution in [0.1, 0.15) is 35.1 Å². The molecule has 1 saturated heterocycles. The van der Waals surface area contributed by atoms with Gasteiger partial charge in [-0.05, 0) is 26.7 Å². The van der Waals surface area contributed by atoms with Crippen molar-refractivity contribution in [3.05, 3.63) is 10.6 Å². The van der Waals surface area contributed by atoms with E-state index in [1.807, 2.05) is 13.8 Å². The van der Waals surface area contributed by atoms with Gasteiger partial charge in [-0.3, -0.25) is 4.79 Å². The molecule has 1 atom stereocenters. The third kappa shape index (κ3) is 2.84. The van der Waals surface area contributed by atoms with Gasteiger partial charge in [0.1, 0.15) is 0 Å². The summed E-state index contributed by atoms with van der Waals surface area (Å²) < 4.78 is 5.66. The van der Waals surface area contributed by atoms with Crippen LogP contribution in [0.5, 0.6) is 0 Å². The van der Waals surface area contributed by atoms with Gasteiger partial charge < -0.3 is 9.64 Å². The molecule has 1 aliphatic rings. The molecule has 4 nitrogen and oxygen atoms in total. The van der Waals surface area contributed by atoms with E-state index in [9.17, 15) is 4.79 Å². The zero-order valence-corrected chi connectivity index (χ0v) is 11.1. The summed E-state index contributed by atoms with van der Waals surface area (Å²) in [4.78, 5) is 18.2. The average molecular weight is 254 g/mol. The summed E-state index contributed by atoms with van der Waals surface area (Å²) in [6.45, 7) is 6.56. The van der Waals surface area contributed by atoms with Crippen LogP contribution >= 0.6 is 11.3 Å². The van der Waals surface area contributed by atoms with E-state index in [1.165, 1.54) is 11.3 Å². The van der Waals surface area contributed by atoms with Gasteiger partial charge in [-0.25, -0.2) is 4.98 Å². The average Bonchev–Trinajstić information content (AvgIpc) is 2.71. The number of piperidine rings is 1. The standard InChI is InChI=1S/C12H18N2O2S/c1-3-16-10-5-4-6-14(7-10)12-13-9(2)11(8-15)17-12/h8,10H,3-7H2,1-2H3. The maximum absolute atomic E-state index is 10.8. The van der Waals surface area contributed by atoms with Crippen molar-refractivity contribution in [1.29, 1.82) is 0 Å². The molecule has 0 saturated carbocycles. The summed E-state index contributed by atoms with van der Waals surface area (Å²) in [7, 11) is 0. The first-order valence-corrected chi connectivity index (χ1v) is 6.85. The van der Waals surface area contributed by atoms with Crippen molar-refractivity contribution >= 4 is 22.8 Å². The summed E-state index contributed by atoms with van der Waals surface area (Å²) in [5.41, 5.74) is 0.832. The van der Waals surface area contributed by atoms with Gasteiger partial charge in [0.05, 0.1) is 16.7 Å². The van der Waals surface area contributed by atoms with Crippen molar-refractivity contribution in [1.82, 2.24) is 4.98 Å². The van der Waals surface area contributed by atoms with Gasteiger partial charge in [0.25, 0.3) is 0 Å². The number of carbonyl (C=O) groups is 1. The second-order valence-corrected chi connectivity index (χ2v) is 5.24. The minimum atomic E-state index is 0.303. The fraction of sp³-hybridized carbons (Fsp3) is 0.667. The van der Waals surface area contributed by atoms with Crippen molar-refractivity contribution in [2.45, 2.75) is 32.8 Å². The first-order valence-electron chi connectivity index (χ1n) is 6.03. The molecule has 0 spiro atoms. The Hall–Kier alpha value is -0.940. The topological polar surface area (TPSA) is 42.4 Å². The molecule has 0 N–H and O–H groups in total. The molecule has 1 aliphatic heterocycles. The Morgan fingerprint density at radius 2 is 2.47 bits per heavy atom. The maximum atomic E-state index is 10.8. The molecule has 94 valence electrons. The second-order valence-electron chi connectivity index (χ2n) is 4.23. The molecule has 17 heavy (non-hydrogen) atoms. The van der Waals surface area contributed by atoms with Crippen LogP contribution in [0.4, 0.5) is 5.13 Å². The predicted molar refractivity (Wildman–Crippen MR) is 69.1 cm³/mol. The fourth-order valence-corrected chi connectivity index (χ4v) is 3.04. The van der Waals surface area contributed by atoms with Gasteiger partial charge in [-0.15, -0.1) is 0 Å². The molecule has 1 aromatic rings. The number of aromatic nitrogens is 1. The number of ether oxygens (including phenoxy) is 1. The third-order valence-corrected chi connectivity index (χ3v) is 4.12. The number of carbonyl (C=O) groups excluding carboxylic acids is 1. The summed E-state index contributed by atoms with van der Waals surface area (Å²) in [5, 5.41) is 0.953. The quantitative estimate of drug-likeness (QED) is 0.773. The van der Waals surface area contributed by atoms with E-state index in [-0.39, 0.29) is 0 Å². The van der Waals surface area contributed by atoms with E-state index in [0.717, 1.165) is 54.5 Å². The Labute approximate surface area is 106 Å². The summed E-state index contributed by atoms with van der Waals surface area (Å²) >= 11 is 1.48. The summed E-state index contributed by atoms with van der Waals surface area (Å²) in [5.74, 6) is 0. The van der Waals surface area contributed by atoms with Crippen molar-refractivity contribution < 1.29 is 9.53 Å². The monoisotopic (exact) mass is 254 g/mol. The molecule has 2 rings (SSSR count). The molecule has 0 aliphatic carbocycles. The van der Waals surface area contributed by atoms with Gasteiger partial charge in [0, 0.05) is 19.7 Å². The SMILES string of the molecule is CCOC1CCCN(c2nc(C)c(C=O)s2)C1. The van der Waals surface area contributed by atoms with Crippen LogP contribution in [-0.2, 0) is 4.74 Å². The maximum Gasteiger partial charge on any atom is 0.186 e. The fourth-order valence-electron chi connectivity index (χ4n) is 2.12. The van der Waals surface area contributed by atoms with E-state index in [1.54, 1.807) is 0 Å². The van der Waals surface area contributed by atoms with Crippen LogP contribution in [0.3, 0.4) is 0 Å². The van der Waals surface area contributed by atoms with Gasteiger partial charge in [-0.2, -0.15) is 0 Å². The largest absolute Gasteiger partial charge is 0.377 e. The molecule has 1 aromatic heterocycles. The Morgan fingerprint density at radius 3 is 3.12 bits per heavy atom. The Kier molecular flexibility index (Phi) is 4.12. The summed E-state index contributed by atoms with van der Waals surface area (Å²) in [6, 6.07) is 0. The minimum Gasteiger partial charge on any atom is -0.377 e. The van der Waals surface area contributed by atoms with E-state index >= 15 is 0 Å². The van der Waals surface area contributed by atoms with E-state index in [0.29, 0.717) is 6.10 Å². The lowest BCUT2D eigenvalue weighted by Gasteiger charge is -2.32. The van der Waals surface area contributed by atoms with Crippen LogP contribution in [0.25, 0.3) is 0 Å². The Bertz CT molecular complexity index is 390. The zero-order chi connectivity index (χ0) is 12.3. The molecule has 2 heterocycles. The molecular weight excluding hydrogens is 236 g/mol. The van der Waals surface area contributed by atoms with Crippen LogP contribution in [-0.4, -0.2) is 37.1 Å². The van der Waals surface area contributed by atoms with E-state index in [2.05, 4.69) is 9.88 Å². The van der Waals surface area contributed by atoms with Crippen molar-refractivity contribution in [3.8, 4) is 0 Å². The van der Waals surface area contributed by atoms with Crippen LogP contribution in [0.2, 0.25) is 0 Å². The second kappa shape index (κ2) is 5.60. The molecule has 0 aromatic carbocycles. The lowest BCUT2D eigenvalue weighted by molar-refractivity contribution is 0.0526. The smallest absolute Gasteiger partial charge is 0.186 e. The molecule has 5 heteroatoms. The van der Waals surface area contributed by atoms with Gasteiger partial charge in [-0.1, -0.05) is 11.3 Å². The number of aryl methyl sites for hydroxylation is 1. The first-order chi connectivity index (χ1) is 8.24. The third-order valence-electron chi connectivity index (χ3n) is 2.98. The number of anilines is 1. The van der Waals surface area contributed by atoms with Crippen LogP contribution in [0, 0.1) is 6.92 Å². The van der Waals surface area contributed by atoms with Crippen molar-refractivity contribution in [2.75, 3.05) is 24.6 Å². The van der Waals surface area contributed by atoms with Crippen LogP contribution < -0.4 is 4.90 Å². The Balaban J connectivity index is 2.07. The highest BCUT2D eigenvalue weighted by Gasteiger charge is 2.22. The van der Waals surface area contributed by atoms with E-state index in [4.69, 9.17) is 4.74 Å². The normalized spacial score (nSPS) is 20.6. The Morgan fingerprint density at radius 1 is 1.65 bits per heavy atom. The number of aldehydes is 1. The predicted octanol–water partition coefficient (Wildman–Crippen LogP) is 2.27. The van der Waals surface area contributed by atoms with Gasteiger partial charge in [0.15, 0.2) is 11.4 Å². The number of nitrogens with zero attached hydrogens (tertiary/aromatic N) is 2. The highest BCUT2D eigenvalue weighted by molar-refractivity contribution is 7.17. The molecule has 0 radical (unpaired) electrons. The zero-order valence-electron chi connectivity index (χ0n) is 10.3. The van der Waals surface area contributed by atoms with Gasteiger partial charge in [0.2, 0.25) is 0 Å². The first kappa shape index (κ1) is 12.5. The highest BCUT2D eigenvalue weighted by Crippen LogP contribution is 2.27. The number of thiazole rings is 1. The highest BCUT2D eigenvalue weighted by atomic mass is 32.1. The molecule has 1 fully saturated rings. The number of rotatable bonds is 4. The lowest BCUT2D eigenvalue weighted by Crippen LogP contribution is -2.39. The van der Waals surface area contributed by atoms with Crippen LogP contribution in [0.15, 0.2) is 0 Å².